The predicted octanol–water partition coefficient (Wildman–Crippen LogP) is 1.97. The van der Waals surface area contributed by atoms with Crippen molar-refractivity contribution in [3.63, 3.8) is 0 Å². The summed E-state index contributed by atoms with van der Waals surface area (Å²) in [6.45, 7) is 5.02. The van der Waals surface area contributed by atoms with Crippen molar-refractivity contribution in [2.45, 2.75) is 32.2 Å². The van der Waals surface area contributed by atoms with Gasteiger partial charge in [-0.05, 0) is 32.3 Å². The molecule has 0 spiro atoms. The summed E-state index contributed by atoms with van der Waals surface area (Å²) in [6, 6.07) is 9.83. The van der Waals surface area contributed by atoms with Crippen LogP contribution >= 0.6 is 0 Å². The fourth-order valence-corrected chi connectivity index (χ4v) is 2.28. The van der Waals surface area contributed by atoms with Gasteiger partial charge in [-0.25, -0.2) is 4.79 Å². The highest BCUT2D eigenvalue weighted by atomic mass is 16.5. The number of benzene rings is 1. The SMILES string of the molecule is CC1(C)NC(=O)N(CCCOCCc2ccccc2)C1=O. The van der Waals surface area contributed by atoms with E-state index in [1.807, 2.05) is 18.2 Å². The third-order valence-electron chi connectivity index (χ3n) is 3.49. The number of urea groups is 1. The van der Waals surface area contributed by atoms with Crippen LogP contribution in [0.2, 0.25) is 0 Å². The average molecular weight is 290 g/mol. The molecule has 0 bridgehead atoms. The Balaban J connectivity index is 1.62. The topological polar surface area (TPSA) is 58.6 Å². The molecule has 1 saturated heterocycles. The van der Waals surface area contributed by atoms with Gasteiger partial charge in [-0.3, -0.25) is 9.69 Å². The lowest BCUT2D eigenvalue weighted by molar-refractivity contribution is -0.130. The minimum absolute atomic E-state index is 0.170. The summed E-state index contributed by atoms with van der Waals surface area (Å²) >= 11 is 0. The van der Waals surface area contributed by atoms with Gasteiger partial charge in [-0.2, -0.15) is 0 Å². The van der Waals surface area contributed by atoms with Crippen LogP contribution in [-0.4, -0.2) is 42.1 Å². The van der Waals surface area contributed by atoms with Crippen LogP contribution in [0.5, 0.6) is 0 Å². The maximum Gasteiger partial charge on any atom is 0.325 e. The molecule has 0 aromatic heterocycles. The maximum absolute atomic E-state index is 11.9. The van der Waals surface area contributed by atoms with Crippen molar-refractivity contribution >= 4 is 11.9 Å². The van der Waals surface area contributed by atoms with Crippen LogP contribution in [-0.2, 0) is 16.0 Å². The Kier molecular flexibility index (Phi) is 4.96. The van der Waals surface area contributed by atoms with E-state index in [4.69, 9.17) is 4.74 Å². The molecular weight excluding hydrogens is 268 g/mol. The first-order valence-corrected chi connectivity index (χ1v) is 7.26. The molecule has 0 saturated carbocycles. The Labute approximate surface area is 125 Å². The molecule has 0 unspecified atom stereocenters. The van der Waals surface area contributed by atoms with Crippen LogP contribution in [0, 0.1) is 0 Å². The molecular formula is C16H22N2O3. The molecule has 1 aliphatic rings. The van der Waals surface area contributed by atoms with E-state index in [9.17, 15) is 9.59 Å². The predicted molar refractivity (Wildman–Crippen MR) is 79.9 cm³/mol. The number of imide groups is 1. The highest BCUT2D eigenvalue weighted by Crippen LogP contribution is 2.16. The third kappa shape index (κ3) is 4.04. The number of carbonyl (C=O) groups excluding carboxylic acids is 2. The molecule has 5 heteroatoms. The zero-order valence-electron chi connectivity index (χ0n) is 12.6. The lowest BCUT2D eigenvalue weighted by Crippen LogP contribution is -2.40. The number of nitrogens with one attached hydrogen (secondary N) is 1. The number of nitrogens with zero attached hydrogens (tertiary/aromatic N) is 1. The molecule has 1 aromatic carbocycles. The molecule has 0 radical (unpaired) electrons. The Morgan fingerprint density at radius 3 is 2.48 bits per heavy atom. The van der Waals surface area contributed by atoms with Crippen molar-refractivity contribution in [1.29, 1.82) is 0 Å². The highest BCUT2D eigenvalue weighted by Gasteiger charge is 2.43. The van der Waals surface area contributed by atoms with E-state index in [2.05, 4.69) is 17.4 Å². The molecule has 0 aliphatic carbocycles. The van der Waals surface area contributed by atoms with Gasteiger partial charge >= 0.3 is 6.03 Å². The minimum Gasteiger partial charge on any atom is -0.381 e. The fraction of sp³-hybridized carbons (Fsp3) is 0.500. The summed E-state index contributed by atoms with van der Waals surface area (Å²) in [5, 5.41) is 2.66. The van der Waals surface area contributed by atoms with Gasteiger partial charge in [-0.1, -0.05) is 30.3 Å². The molecule has 1 fully saturated rings. The van der Waals surface area contributed by atoms with Gasteiger partial charge in [0.2, 0.25) is 0 Å². The fourth-order valence-electron chi connectivity index (χ4n) is 2.28. The van der Waals surface area contributed by atoms with Gasteiger partial charge in [0.25, 0.3) is 5.91 Å². The smallest absolute Gasteiger partial charge is 0.325 e. The first-order valence-electron chi connectivity index (χ1n) is 7.26. The quantitative estimate of drug-likeness (QED) is 0.617. The Morgan fingerprint density at radius 2 is 1.86 bits per heavy atom. The Bertz CT molecular complexity index is 500. The van der Waals surface area contributed by atoms with Crippen molar-refractivity contribution in [2.75, 3.05) is 19.8 Å². The number of hydrogen-bond donors (Lipinski definition) is 1. The summed E-state index contributed by atoms with van der Waals surface area (Å²) in [7, 11) is 0. The second-order valence-corrected chi connectivity index (χ2v) is 5.71. The van der Waals surface area contributed by atoms with Gasteiger partial charge in [0.15, 0.2) is 0 Å². The molecule has 21 heavy (non-hydrogen) atoms. The molecule has 0 atom stereocenters. The van der Waals surface area contributed by atoms with E-state index < -0.39 is 5.54 Å². The van der Waals surface area contributed by atoms with Crippen LogP contribution in [0.1, 0.15) is 25.8 Å². The maximum atomic E-state index is 11.9. The normalized spacial score (nSPS) is 17.1. The molecule has 1 N–H and O–H groups in total. The van der Waals surface area contributed by atoms with Gasteiger partial charge in [0.1, 0.15) is 5.54 Å². The Hall–Kier alpha value is -1.88. The molecule has 114 valence electrons. The van der Waals surface area contributed by atoms with E-state index in [0.29, 0.717) is 26.2 Å². The van der Waals surface area contributed by atoms with E-state index in [1.54, 1.807) is 13.8 Å². The summed E-state index contributed by atoms with van der Waals surface area (Å²) in [5.74, 6) is -0.170. The van der Waals surface area contributed by atoms with Gasteiger partial charge in [0, 0.05) is 13.2 Å². The van der Waals surface area contributed by atoms with Gasteiger partial charge in [0.05, 0.1) is 6.61 Å². The number of hydrogen-bond acceptors (Lipinski definition) is 3. The summed E-state index contributed by atoms with van der Waals surface area (Å²) in [4.78, 5) is 24.9. The van der Waals surface area contributed by atoms with Gasteiger partial charge in [-0.15, -0.1) is 0 Å². The number of amides is 3. The van der Waals surface area contributed by atoms with Gasteiger partial charge < -0.3 is 10.1 Å². The van der Waals surface area contributed by atoms with E-state index in [1.165, 1.54) is 10.5 Å². The second-order valence-electron chi connectivity index (χ2n) is 5.71. The minimum atomic E-state index is -0.786. The molecule has 1 aromatic rings. The molecule has 2 rings (SSSR count). The van der Waals surface area contributed by atoms with Crippen molar-refractivity contribution < 1.29 is 14.3 Å². The largest absolute Gasteiger partial charge is 0.381 e. The van der Waals surface area contributed by atoms with Crippen molar-refractivity contribution in [1.82, 2.24) is 10.2 Å². The summed E-state index contributed by atoms with van der Waals surface area (Å²) in [6.07, 6.45) is 1.53. The standard InChI is InChI=1S/C16H22N2O3/c1-16(2)14(19)18(15(20)17-16)10-6-11-21-12-9-13-7-4-3-5-8-13/h3-5,7-8H,6,9-12H2,1-2H3,(H,17,20). The number of carbonyl (C=O) groups is 2. The Morgan fingerprint density at radius 1 is 1.14 bits per heavy atom. The van der Waals surface area contributed by atoms with E-state index >= 15 is 0 Å². The van der Waals surface area contributed by atoms with Crippen LogP contribution in [0.15, 0.2) is 30.3 Å². The van der Waals surface area contributed by atoms with Crippen LogP contribution in [0.3, 0.4) is 0 Å². The van der Waals surface area contributed by atoms with E-state index in [0.717, 1.165) is 6.42 Å². The monoisotopic (exact) mass is 290 g/mol. The lowest BCUT2D eigenvalue weighted by atomic mass is 10.1. The number of ether oxygens (including phenoxy) is 1. The molecule has 3 amide bonds. The summed E-state index contributed by atoms with van der Waals surface area (Å²) in [5.41, 5.74) is 0.457. The van der Waals surface area contributed by atoms with Crippen LogP contribution < -0.4 is 5.32 Å². The second kappa shape index (κ2) is 6.72. The van der Waals surface area contributed by atoms with E-state index in [-0.39, 0.29) is 11.9 Å². The third-order valence-corrected chi connectivity index (χ3v) is 3.49. The van der Waals surface area contributed by atoms with Crippen molar-refractivity contribution in [2.24, 2.45) is 0 Å². The average Bonchev–Trinajstić information content (AvgIpc) is 2.65. The summed E-state index contributed by atoms with van der Waals surface area (Å²) < 4.78 is 5.55. The zero-order valence-corrected chi connectivity index (χ0v) is 12.6. The molecule has 5 nitrogen and oxygen atoms in total. The van der Waals surface area contributed by atoms with Crippen molar-refractivity contribution in [3.8, 4) is 0 Å². The lowest BCUT2D eigenvalue weighted by Gasteiger charge is -2.15. The first-order chi connectivity index (χ1) is 10.0. The zero-order chi connectivity index (χ0) is 15.3. The first kappa shape index (κ1) is 15.5. The molecule has 1 aliphatic heterocycles. The van der Waals surface area contributed by atoms with Crippen LogP contribution in [0.25, 0.3) is 0 Å². The highest BCUT2D eigenvalue weighted by molar-refractivity contribution is 6.06. The molecule has 1 heterocycles. The number of rotatable bonds is 7. The van der Waals surface area contributed by atoms with Crippen LogP contribution in [0.4, 0.5) is 4.79 Å². The van der Waals surface area contributed by atoms with Crippen molar-refractivity contribution in [3.05, 3.63) is 35.9 Å².